The van der Waals surface area contributed by atoms with Crippen molar-refractivity contribution in [1.29, 1.82) is 0 Å². The topological polar surface area (TPSA) is 63.4 Å². The third kappa shape index (κ3) is 2.34. The number of nitrogens with zero attached hydrogens (tertiary/aromatic N) is 1. The number of hydrogen-bond acceptors (Lipinski definition) is 3. The molecule has 0 aromatic heterocycles. The lowest BCUT2D eigenvalue weighted by Gasteiger charge is -2.17. The van der Waals surface area contributed by atoms with Crippen LogP contribution in [0.2, 0.25) is 0 Å². The van der Waals surface area contributed by atoms with E-state index < -0.39 is 15.8 Å². The third-order valence-electron chi connectivity index (χ3n) is 2.94. The molecule has 0 saturated carbocycles. The maximum Gasteiger partial charge on any atom is 0.243 e. The van der Waals surface area contributed by atoms with Crippen molar-refractivity contribution in [3.05, 3.63) is 29.6 Å². The molecule has 1 aromatic carbocycles. The molecule has 1 atom stereocenters. The van der Waals surface area contributed by atoms with Crippen molar-refractivity contribution in [2.45, 2.75) is 24.3 Å². The molecule has 17 heavy (non-hydrogen) atoms. The van der Waals surface area contributed by atoms with Gasteiger partial charge in [-0.25, -0.2) is 12.8 Å². The van der Waals surface area contributed by atoms with E-state index in [1.54, 1.807) is 6.92 Å². The van der Waals surface area contributed by atoms with Gasteiger partial charge in [0, 0.05) is 19.1 Å². The van der Waals surface area contributed by atoms with E-state index in [1.807, 2.05) is 0 Å². The van der Waals surface area contributed by atoms with Gasteiger partial charge in [-0.3, -0.25) is 0 Å². The second-order valence-corrected chi connectivity index (χ2v) is 6.23. The van der Waals surface area contributed by atoms with Crippen molar-refractivity contribution in [3.8, 4) is 0 Å². The minimum absolute atomic E-state index is 0.106. The second kappa shape index (κ2) is 4.36. The zero-order chi connectivity index (χ0) is 12.6. The van der Waals surface area contributed by atoms with Crippen molar-refractivity contribution >= 4 is 10.0 Å². The van der Waals surface area contributed by atoms with Crippen LogP contribution >= 0.6 is 0 Å². The SMILES string of the molecule is Cc1cc(F)ccc1S(=O)(=O)N1CCC(N)C1. The Kier molecular flexibility index (Phi) is 3.20. The largest absolute Gasteiger partial charge is 0.326 e. The van der Waals surface area contributed by atoms with Crippen molar-refractivity contribution in [2.75, 3.05) is 13.1 Å². The molecule has 2 N–H and O–H groups in total. The first-order valence-electron chi connectivity index (χ1n) is 5.43. The van der Waals surface area contributed by atoms with E-state index in [0.29, 0.717) is 25.1 Å². The fraction of sp³-hybridized carbons (Fsp3) is 0.455. The highest BCUT2D eigenvalue weighted by molar-refractivity contribution is 7.89. The van der Waals surface area contributed by atoms with E-state index in [9.17, 15) is 12.8 Å². The quantitative estimate of drug-likeness (QED) is 0.855. The van der Waals surface area contributed by atoms with Crippen LogP contribution in [-0.2, 0) is 10.0 Å². The van der Waals surface area contributed by atoms with Crippen LogP contribution in [0.1, 0.15) is 12.0 Å². The van der Waals surface area contributed by atoms with Crippen LogP contribution in [0.25, 0.3) is 0 Å². The number of sulfonamides is 1. The van der Waals surface area contributed by atoms with Crippen molar-refractivity contribution in [1.82, 2.24) is 4.31 Å². The summed E-state index contributed by atoms with van der Waals surface area (Å²) in [5.74, 6) is -0.431. The number of rotatable bonds is 2. The van der Waals surface area contributed by atoms with Crippen LogP contribution in [0.4, 0.5) is 4.39 Å². The van der Waals surface area contributed by atoms with Crippen LogP contribution in [0, 0.1) is 12.7 Å². The van der Waals surface area contributed by atoms with Gasteiger partial charge in [0.05, 0.1) is 4.90 Å². The molecule has 6 heteroatoms. The summed E-state index contributed by atoms with van der Waals surface area (Å²) in [7, 11) is -3.53. The Morgan fingerprint density at radius 1 is 1.47 bits per heavy atom. The zero-order valence-electron chi connectivity index (χ0n) is 9.56. The van der Waals surface area contributed by atoms with Gasteiger partial charge in [0.25, 0.3) is 0 Å². The van der Waals surface area contributed by atoms with Crippen LogP contribution in [0.3, 0.4) is 0 Å². The maximum absolute atomic E-state index is 12.9. The molecule has 1 aliphatic rings. The number of nitrogens with two attached hydrogens (primary N) is 1. The van der Waals surface area contributed by atoms with E-state index in [4.69, 9.17) is 5.73 Å². The van der Waals surface area contributed by atoms with E-state index >= 15 is 0 Å². The molecule has 0 spiro atoms. The molecule has 94 valence electrons. The summed E-state index contributed by atoms with van der Waals surface area (Å²) >= 11 is 0. The molecule has 1 fully saturated rings. The number of benzene rings is 1. The van der Waals surface area contributed by atoms with Crippen LogP contribution in [0.15, 0.2) is 23.1 Å². The van der Waals surface area contributed by atoms with Gasteiger partial charge in [-0.05, 0) is 37.1 Å². The van der Waals surface area contributed by atoms with Gasteiger partial charge >= 0.3 is 0 Å². The lowest BCUT2D eigenvalue weighted by molar-refractivity contribution is 0.471. The Bertz CT molecular complexity index is 530. The Morgan fingerprint density at radius 3 is 2.71 bits per heavy atom. The van der Waals surface area contributed by atoms with Gasteiger partial charge in [-0.15, -0.1) is 0 Å². The van der Waals surface area contributed by atoms with Gasteiger partial charge in [0.2, 0.25) is 10.0 Å². The first kappa shape index (κ1) is 12.5. The molecule has 0 bridgehead atoms. The van der Waals surface area contributed by atoms with Gasteiger partial charge in [0.1, 0.15) is 5.82 Å². The molecule has 1 aliphatic heterocycles. The summed E-state index contributed by atoms with van der Waals surface area (Å²) in [5, 5.41) is 0. The fourth-order valence-electron chi connectivity index (χ4n) is 2.01. The fourth-order valence-corrected chi connectivity index (χ4v) is 3.73. The smallest absolute Gasteiger partial charge is 0.243 e. The normalized spacial score (nSPS) is 21.9. The molecule has 0 aliphatic carbocycles. The summed E-state index contributed by atoms with van der Waals surface area (Å²) in [6.07, 6.45) is 0.666. The lowest BCUT2D eigenvalue weighted by atomic mass is 10.2. The zero-order valence-corrected chi connectivity index (χ0v) is 10.4. The van der Waals surface area contributed by atoms with Gasteiger partial charge in [-0.1, -0.05) is 0 Å². The maximum atomic E-state index is 12.9. The average Bonchev–Trinajstić information content (AvgIpc) is 2.64. The predicted octanol–water partition coefficient (Wildman–Crippen LogP) is 0.856. The third-order valence-corrected chi connectivity index (χ3v) is 4.97. The average molecular weight is 258 g/mol. The van der Waals surface area contributed by atoms with Crippen molar-refractivity contribution in [2.24, 2.45) is 5.73 Å². The number of halogens is 1. The second-order valence-electron chi connectivity index (χ2n) is 4.32. The van der Waals surface area contributed by atoms with Crippen molar-refractivity contribution < 1.29 is 12.8 Å². The van der Waals surface area contributed by atoms with E-state index in [-0.39, 0.29) is 10.9 Å². The minimum Gasteiger partial charge on any atom is -0.326 e. The van der Waals surface area contributed by atoms with Crippen molar-refractivity contribution in [3.63, 3.8) is 0 Å². The van der Waals surface area contributed by atoms with Crippen LogP contribution < -0.4 is 5.73 Å². The van der Waals surface area contributed by atoms with Gasteiger partial charge in [0.15, 0.2) is 0 Å². The Morgan fingerprint density at radius 2 is 2.18 bits per heavy atom. The Labute approximate surface area is 100 Å². The highest BCUT2D eigenvalue weighted by atomic mass is 32.2. The molecular weight excluding hydrogens is 243 g/mol. The summed E-state index contributed by atoms with van der Waals surface area (Å²) in [6, 6.07) is 3.59. The molecule has 4 nitrogen and oxygen atoms in total. The highest BCUT2D eigenvalue weighted by Crippen LogP contribution is 2.23. The first-order chi connectivity index (χ1) is 7.91. The van der Waals surface area contributed by atoms with E-state index in [0.717, 1.165) is 6.07 Å². The van der Waals surface area contributed by atoms with E-state index in [2.05, 4.69) is 0 Å². The Hall–Kier alpha value is -0.980. The molecule has 0 amide bonds. The number of hydrogen-bond donors (Lipinski definition) is 1. The summed E-state index contributed by atoms with van der Waals surface area (Å²) in [6.45, 7) is 2.35. The predicted molar refractivity (Wildman–Crippen MR) is 62.5 cm³/mol. The summed E-state index contributed by atoms with van der Waals surface area (Å²) in [5.41, 5.74) is 6.12. The standard InChI is InChI=1S/C11H15FN2O2S/c1-8-6-9(12)2-3-11(8)17(15,16)14-5-4-10(13)7-14/h2-3,6,10H,4-5,7,13H2,1H3. The highest BCUT2D eigenvalue weighted by Gasteiger charge is 2.31. The van der Waals surface area contributed by atoms with Gasteiger partial charge < -0.3 is 5.73 Å². The molecular formula is C11H15FN2O2S. The van der Waals surface area contributed by atoms with Gasteiger partial charge in [-0.2, -0.15) is 4.31 Å². The molecule has 1 heterocycles. The Balaban J connectivity index is 2.38. The molecule has 1 aromatic rings. The molecule has 2 rings (SSSR count). The molecule has 1 unspecified atom stereocenters. The van der Waals surface area contributed by atoms with Crippen LogP contribution in [-0.4, -0.2) is 31.9 Å². The molecule has 1 saturated heterocycles. The first-order valence-corrected chi connectivity index (χ1v) is 6.87. The van der Waals surface area contributed by atoms with Crippen LogP contribution in [0.5, 0.6) is 0 Å². The van der Waals surface area contributed by atoms with E-state index in [1.165, 1.54) is 16.4 Å². The number of aryl methyl sites for hydroxylation is 1. The minimum atomic E-state index is -3.53. The monoisotopic (exact) mass is 258 g/mol. The summed E-state index contributed by atoms with van der Waals surface area (Å²) < 4.78 is 38.8. The molecule has 0 radical (unpaired) electrons. The lowest BCUT2D eigenvalue weighted by Crippen LogP contribution is -2.32. The summed E-state index contributed by atoms with van der Waals surface area (Å²) in [4.78, 5) is 0.160.